The van der Waals surface area contributed by atoms with Gasteiger partial charge in [0.25, 0.3) is 0 Å². The molecule has 0 aliphatic heterocycles. The molecule has 1 aliphatic carbocycles. The second-order valence-electron chi connectivity index (χ2n) is 5.89. The van der Waals surface area contributed by atoms with Crippen LogP contribution in [0.3, 0.4) is 0 Å². The van der Waals surface area contributed by atoms with Crippen LogP contribution in [0.2, 0.25) is 0 Å². The molecule has 1 fully saturated rings. The van der Waals surface area contributed by atoms with Crippen LogP contribution >= 0.6 is 0 Å². The van der Waals surface area contributed by atoms with Crippen molar-refractivity contribution < 1.29 is 5.11 Å². The van der Waals surface area contributed by atoms with Crippen LogP contribution in [-0.2, 0) is 5.60 Å². The zero-order chi connectivity index (χ0) is 13.0. The van der Waals surface area contributed by atoms with Crippen LogP contribution in [-0.4, -0.2) is 17.7 Å². The second-order valence-corrected chi connectivity index (χ2v) is 5.89. The molecule has 2 nitrogen and oxygen atoms in total. The fraction of sp³-hybridized carbons (Fsp3) is 0.625. The largest absolute Gasteiger partial charge is 0.384 e. The van der Waals surface area contributed by atoms with E-state index in [0.717, 1.165) is 11.5 Å². The maximum absolute atomic E-state index is 10.5. The number of hydrogen-bond acceptors (Lipinski definition) is 2. The maximum atomic E-state index is 10.5. The molecular weight excluding hydrogens is 222 g/mol. The highest BCUT2D eigenvalue weighted by Gasteiger charge is 2.26. The van der Waals surface area contributed by atoms with E-state index in [-0.39, 0.29) is 0 Å². The predicted molar refractivity (Wildman–Crippen MR) is 75.4 cm³/mol. The van der Waals surface area contributed by atoms with Gasteiger partial charge in [-0.3, -0.25) is 0 Å². The summed E-state index contributed by atoms with van der Waals surface area (Å²) in [4.78, 5) is 0. The van der Waals surface area contributed by atoms with Crippen LogP contribution in [0, 0.1) is 5.92 Å². The van der Waals surface area contributed by atoms with E-state index in [1.807, 2.05) is 37.3 Å². The van der Waals surface area contributed by atoms with E-state index in [2.05, 4.69) is 12.2 Å². The smallest absolute Gasteiger partial charge is 0.0992 e. The molecule has 2 rings (SSSR count). The van der Waals surface area contributed by atoms with E-state index in [9.17, 15) is 5.11 Å². The summed E-state index contributed by atoms with van der Waals surface area (Å²) in [7, 11) is 0. The standard InChI is InChI=1S/C16H25NO/c1-13-8-6-7-11-15(13)17-12-16(2,18)14-9-4-3-5-10-14/h3-5,9-10,13,15,17-18H,6-8,11-12H2,1-2H3. The van der Waals surface area contributed by atoms with Crippen LogP contribution < -0.4 is 5.32 Å². The third-order valence-electron chi connectivity index (χ3n) is 4.22. The lowest BCUT2D eigenvalue weighted by Crippen LogP contribution is -2.44. The summed E-state index contributed by atoms with van der Waals surface area (Å²) in [5, 5.41) is 14.1. The van der Waals surface area contributed by atoms with E-state index in [1.165, 1.54) is 25.7 Å². The van der Waals surface area contributed by atoms with Crippen molar-refractivity contribution in [2.75, 3.05) is 6.54 Å². The van der Waals surface area contributed by atoms with E-state index < -0.39 is 5.60 Å². The zero-order valence-corrected chi connectivity index (χ0v) is 11.5. The van der Waals surface area contributed by atoms with Gasteiger partial charge in [0.15, 0.2) is 0 Å². The van der Waals surface area contributed by atoms with Gasteiger partial charge in [-0.15, -0.1) is 0 Å². The Hall–Kier alpha value is -0.860. The molecule has 1 aliphatic rings. The summed E-state index contributed by atoms with van der Waals surface area (Å²) >= 11 is 0. The highest BCUT2D eigenvalue weighted by molar-refractivity contribution is 5.21. The molecule has 3 atom stereocenters. The maximum Gasteiger partial charge on any atom is 0.0992 e. The van der Waals surface area contributed by atoms with Crippen LogP contribution in [0.1, 0.15) is 45.1 Å². The predicted octanol–water partition coefficient (Wildman–Crippen LogP) is 3.06. The quantitative estimate of drug-likeness (QED) is 0.857. The molecule has 2 N–H and O–H groups in total. The highest BCUT2D eigenvalue weighted by Crippen LogP contribution is 2.25. The van der Waals surface area contributed by atoms with Gasteiger partial charge in [0.05, 0.1) is 5.60 Å². The molecule has 0 amide bonds. The number of rotatable bonds is 4. The second kappa shape index (κ2) is 5.85. The Morgan fingerprint density at radius 2 is 1.89 bits per heavy atom. The van der Waals surface area contributed by atoms with Crippen molar-refractivity contribution in [3.05, 3.63) is 35.9 Å². The molecule has 0 aromatic heterocycles. The first-order chi connectivity index (χ1) is 8.59. The molecule has 0 spiro atoms. The summed E-state index contributed by atoms with van der Waals surface area (Å²) in [5.41, 5.74) is 0.208. The van der Waals surface area contributed by atoms with Gasteiger partial charge in [0.2, 0.25) is 0 Å². The first-order valence-electron chi connectivity index (χ1n) is 7.11. The fourth-order valence-corrected chi connectivity index (χ4v) is 2.85. The van der Waals surface area contributed by atoms with Gasteiger partial charge < -0.3 is 10.4 Å². The van der Waals surface area contributed by atoms with Crippen LogP contribution in [0.15, 0.2) is 30.3 Å². The third-order valence-corrected chi connectivity index (χ3v) is 4.22. The number of benzene rings is 1. The monoisotopic (exact) mass is 247 g/mol. The molecule has 0 radical (unpaired) electrons. The minimum Gasteiger partial charge on any atom is -0.384 e. The zero-order valence-electron chi connectivity index (χ0n) is 11.5. The van der Waals surface area contributed by atoms with Crippen molar-refractivity contribution in [3.8, 4) is 0 Å². The summed E-state index contributed by atoms with van der Waals surface area (Å²) in [6.45, 7) is 4.84. The Morgan fingerprint density at radius 1 is 1.22 bits per heavy atom. The summed E-state index contributed by atoms with van der Waals surface area (Å²) in [6.07, 6.45) is 5.22. The van der Waals surface area contributed by atoms with Gasteiger partial charge in [-0.2, -0.15) is 0 Å². The van der Waals surface area contributed by atoms with Gasteiger partial charge in [-0.25, -0.2) is 0 Å². The first kappa shape index (κ1) is 13.6. The molecular formula is C16H25NO. The topological polar surface area (TPSA) is 32.3 Å². The van der Waals surface area contributed by atoms with E-state index >= 15 is 0 Å². The summed E-state index contributed by atoms with van der Waals surface area (Å²) in [5.74, 6) is 0.727. The van der Waals surface area contributed by atoms with Crippen LogP contribution in [0.25, 0.3) is 0 Å². The van der Waals surface area contributed by atoms with Crippen LogP contribution in [0.4, 0.5) is 0 Å². The molecule has 0 heterocycles. The Bertz CT molecular complexity index is 361. The molecule has 1 aromatic carbocycles. The minimum atomic E-state index is -0.779. The SMILES string of the molecule is CC1CCCCC1NCC(C)(O)c1ccccc1. The van der Waals surface area contributed by atoms with Crippen molar-refractivity contribution in [2.45, 2.75) is 51.2 Å². The molecule has 18 heavy (non-hydrogen) atoms. The van der Waals surface area contributed by atoms with E-state index in [4.69, 9.17) is 0 Å². The van der Waals surface area contributed by atoms with Gasteiger partial charge in [0.1, 0.15) is 0 Å². The molecule has 100 valence electrons. The third kappa shape index (κ3) is 3.33. The lowest BCUT2D eigenvalue weighted by molar-refractivity contribution is 0.0494. The number of aliphatic hydroxyl groups is 1. The fourth-order valence-electron chi connectivity index (χ4n) is 2.85. The Kier molecular flexibility index (Phi) is 4.41. The van der Waals surface area contributed by atoms with Gasteiger partial charge in [-0.05, 0) is 31.2 Å². The van der Waals surface area contributed by atoms with E-state index in [0.29, 0.717) is 12.6 Å². The lowest BCUT2D eigenvalue weighted by Gasteiger charge is -2.33. The minimum absolute atomic E-state index is 0.564. The number of hydrogen-bond donors (Lipinski definition) is 2. The summed E-state index contributed by atoms with van der Waals surface area (Å²) in [6, 6.07) is 10.5. The molecule has 1 aromatic rings. The average Bonchev–Trinajstić information content (AvgIpc) is 2.39. The van der Waals surface area contributed by atoms with Crippen molar-refractivity contribution in [3.63, 3.8) is 0 Å². The highest BCUT2D eigenvalue weighted by atomic mass is 16.3. The lowest BCUT2D eigenvalue weighted by atomic mass is 9.85. The molecule has 2 heteroatoms. The summed E-state index contributed by atoms with van der Waals surface area (Å²) < 4.78 is 0. The first-order valence-corrected chi connectivity index (χ1v) is 7.11. The molecule has 1 saturated carbocycles. The van der Waals surface area contributed by atoms with Crippen molar-refractivity contribution >= 4 is 0 Å². The van der Waals surface area contributed by atoms with Crippen molar-refractivity contribution in [1.29, 1.82) is 0 Å². The molecule has 0 bridgehead atoms. The Balaban J connectivity index is 1.92. The Morgan fingerprint density at radius 3 is 2.56 bits per heavy atom. The molecule has 0 saturated heterocycles. The van der Waals surface area contributed by atoms with Crippen molar-refractivity contribution in [2.24, 2.45) is 5.92 Å². The van der Waals surface area contributed by atoms with Gasteiger partial charge >= 0.3 is 0 Å². The normalized spacial score (nSPS) is 27.7. The molecule has 3 unspecified atom stereocenters. The van der Waals surface area contributed by atoms with Crippen LogP contribution in [0.5, 0.6) is 0 Å². The average molecular weight is 247 g/mol. The number of nitrogens with one attached hydrogen (secondary N) is 1. The van der Waals surface area contributed by atoms with Gasteiger partial charge in [0, 0.05) is 12.6 Å². The Labute approximate surface area is 110 Å². The van der Waals surface area contributed by atoms with Crippen molar-refractivity contribution in [1.82, 2.24) is 5.32 Å². The van der Waals surface area contributed by atoms with E-state index in [1.54, 1.807) is 0 Å². The van der Waals surface area contributed by atoms with Gasteiger partial charge in [-0.1, -0.05) is 50.1 Å².